The highest BCUT2D eigenvalue weighted by Gasteiger charge is 2.23. The van der Waals surface area contributed by atoms with Crippen LogP contribution in [-0.2, 0) is 0 Å². The highest BCUT2D eigenvalue weighted by Crippen LogP contribution is 2.24. The van der Waals surface area contributed by atoms with Crippen molar-refractivity contribution in [2.24, 2.45) is 0 Å². The number of aromatic nitrogens is 4. The molecule has 0 unspecified atom stereocenters. The quantitative estimate of drug-likeness (QED) is 0.735. The summed E-state index contributed by atoms with van der Waals surface area (Å²) in [6.45, 7) is 1.61. The SMILES string of the molecule is O=C(c1nc(-c2nc(-c3ccccn3)no2)cs1)N1CCCC1. The number of hydrogen-bond donors (Lipinski definition) is 0. The van der Waals surface area contributed by atoms with E-state index in [2.05, 4.69) is 20.1 Å². The fraction of sp³-hybridized carbons (Fsp3) is 0.267. The Morgan fingerprint density at radius 3 is 2.83 bits per heavy atom. The van der Waals surface area contributed by atoms with Crippen LogP contribution in [-0.4, -0.2) is 44.0 Å². The van der Waals surface area contributed by atoms with E-state index in [9.17, 15) is 4.79 Å². The molecule has 1 aliphatic heterocycles. The summed E-state index contributed by atoms with van der Waals surface area (Å²) < 4.78 is 5.24. The molecule has 1 fully saturated rings. The summed E-state index contributed by atoms with van der Waals surface area (Å²) in [6.07, 6.45) is 3.78. The first kappa shape index (κ1) is 14.0. The molecule has 4 rings (SSSR count). The van der Waals surface area contributed by atoms with Crippen LogP contribution in [0.4, 0.5) is 0 Å². The largest absolute Gasteiger partial charge is 0.337 e. The van der Waals surface area contributed by atoms with Crippen molar-refractivity contribution < 1.29 is 9.32 Å². The molecule has 1 aliphatic rings. The zero-order chi connectivity index (χ0) is 15.6. The molecule has 0 atom stereocenters. The van der Waals surface area contributed by atoms with E-state index < -0.39 is 0 Å². The van der Waals surface area contributed by atoms with Gasteiger partial charge in [-0.1, -0.05) is 11.2 Å². The molecule has 0 aliphatic carbocycles. The number of carbonyl (C=O) groups excluding carboxylic acids is 1. The summed E-state index contributed by atoms with van der Waals surface area (Å²) in [4.78, 5) is 27.0. The molecule has 0 spiro atoms. The van der Waals surface area contributed by atoms with Crippen molar-refractivity contribution in [3.63, 3.8) is 0 Å². The van der Waals surface area contributed by atoms with E-state index >= 15 is 0 Å². The summed E-state index contributed by atoms with van der Waals surface area (Å²) in [5.74, 6) is 0.673. The molecule has 7 nitrogen and oxygen atoms in total. The van der Waals surface area contributed by atoms with Crippen LogP contribution < -0.4 is 0 Å². The molecule has 4 heterocycles. The molecular weight excluding hydrogens is 314 g/mol. The summed E-state index contributed by atoms with van der Waals surface area (Å²) >= 11 is 1.30. The highest BCUT2D eigenvalue weighted by molar-refractivity contribution is 7.12. The first-order valence-electron chi connectivity index (χ1n) is 7.31. The maximum Gasteiger partial charge on any atom is 0.282 e. The Morgan fingerprint density at radius 2 is 2.04 bits per heavy atom. The van der Waals surface area contributed by atoms with E-state index in [1.165, 1.54) is 11.3 Å². The Kier molecular flexibility index (Phi) is 3.58. The lowest BCUT2D eigenvalue weighted by Crippen LogP contribution is -2.27. The second kappa shape index (κ2) is 5.88. The lowest BCUT2D eigenvalue weighted by atomic mass is 10.3. The Bertz CT molecular complexity index is 823. The number of amides is 1. The van der Waals surface area contributed by atoms with E-state index in [-0.39, 0.29) is 5.91 Å². The Balaban J connectivity index is 1.57. The average Bonchev–Trinajstić information content (AvgIpc) is 3.35. The van der Waals surface area contributed by atoms with Crippen molar-refractivity contribution in [1.29, 1.82) is 0 Å². The molecule has 3 aromatic rings. The number of rotatable bonds is 3. The second-order valence-electron chi connectivity index (χ2n) is 5.18. The molecule has 0 bridgehead atoms. The number of carbonyl (C=O) groups is 1. The molecule has 0 saturated carbocycles. The van der Waals surface area contributed by atoms with Crippen LogP contribution >= 0.6 is 11.3 Å². The van der Waals surface area contributed by atoms with E-state index in [1.54, 1.807) is 17.6 Å². The average molecular weight is 327 g/mol. The van der Waals surface area contributed by atoms with Gasteiger partial charge in [0.25, 0.3) is 11.8 Å². The molecule has 1 saturated heterocycles. The predicted octanol–water partition coefficient (Wildman–Crippen LogP) is 2.49. The van der Waals surface area contributed by atoms with Crippen LogP contribution in [0.2, 0.25) is 0 Å². The summed E-state index contributed by atoms with van der Waals surface area (Å²) in [7, 11) is 0. The minimum Gasteiger partial charge on any atom is -0.337 e. The Labute approximate surface area is 136 Å². The van der Waals surface area contributed by atoms with Gasteiger partial charge in [-0.25, -0.2) is 4.98 Å². The van der Waals surface area contributed by atoms with Crippen molar-refractivity contribution in [3.05, 3.63) is 34.8 Å². The molecule has 116 valence electrons. The number of hydrogen-bond acceptors (Lipinski definition) is 7. The van der Waals surface area contributed by atoms with E-state index in [0.29, 0.717) is 28.1 Å². The second-order valence-corrected chi connectivity index (χ2v) is 6.03. The van der Waals surface area contributed by atoms with Crippen LogP contribution in [0.3, 0.4) is 0 Å². The monoisotopic (exact) mass is 327 g/mol. The third-order valence-corrected chi connectivity index (χ3v) is 4.45. The number of thiazole rings is 1. The molecule has 8 heteroatoms. The molecule has 1 amide bonds. The molecule has 0 radical (unpaired) electrons. The van der Waals surface area contributed by atoms with Gasteiger partial charge in [0.1, 0.15) is 11.4 Å². The number of pyridine rings is 1. The minimum atomic E-state index is -0.0248. The lowest BCUT2D eigenvalue weighted by molar-refractivity contribution is 0.0792. The van der Waals surface area contributed by atoms with Crippen molar-refractivity contribution >= 4 is 17.2 Å². The van der Waals surface area contributed by atoms with Crippen LogP contribution in [0.25, 0.3) is 23.1 Å². The zero-order valence-electron chi connectivity index (χ0n) is 12.2. The van der Waals surface area contributed by atoms with Crippen molar-refractivity contribution in [1.82, 2.24) is 25.0 Å². The standard InChI is InChI=1S/C15H13N5O2S/c21-15(20-7-3-4-8-20)14-17-11(9-23-14)13-18-12(19-22-13)10-5-1-2-6-16-10/h1-2,5-6,9H,3-4,7-8H2. The van der Waals surface area contributed by atoms with E-state index in [4.69, 9.17) is 4.52 Å². The fourth-order valence-corrected chi connectivity index (χ4v) is 3.21. The first-order valence-corrected chi connectivity index (χ1v) is 8.19. The number of nitrogens with zero attached hydrogens (tertiary/aromatic N) is 5. The van der Waals surface area contributed by atoms with Gasteiger partial charge in [0, 0.05) is 24.7 Å². The van der Waals surface area contributed by atoms with Crippen molar-refractivity contribution in [2.45, 2.75) is 12.8 Å². The van der Waals surface area contributed by atoms with Gasteiger partial charge >= 0.3 is 0 Å². The van der Waals surface area contributed by atoms with E-state index in [1.807, 2.05) is 17.0 Å². The van der Waals surface area contributed by atoms with Crippen LogP contribution in [0, 0.1) is 0 Å². The summed E-state index contributed by atoms with van der Waals surface area (Å²) in [5.41, 5.74) is 1.15. The molecule has 3 aromatic heterocycles. The van der Waals surface area contributed by atoms with Crippen LogP contribution in [0.5, 0.6) is 0 Å². The normalized spacial score (nSPS) is 14.3. The van der Waals surface area contributed by atoms with Crippen LogP contribution in [0.15, 0.2) is 34.3 Å². The number of likely N-dealkylation sites (tertiary alicyclic amines) is 1. The summed E-state index contributed by atoms with van der Waals surface area (Å²) in [6, 6.07) is 5.48. The van der Waals surface area contributed by atoms with Gasteiger partial charge in [-0.15, -0.1) is 11.3 Å². The fourth-order valence-electron chi connectivity index (χ4n) is 2.45. The van der Waals surface area contributed by atoms with Gasteiger partial charge in [0.2, 0.25) is 5.82 Å². The maximum absolute atomic E-state index is 12.3. The first-order chi connectivity index (χ1) is 11.3. The Hall–Kier alpha value is -2.61. The third kappa shape index (κ3) is 2.72. The van der Waals surface area contributed by atoms with E-state index in [0.717, 1.165) is 25.9 Å². The highest BCUT2D eigenvalue weighted by atomic mass is 32.1. The third-order valence-electron chi connectivity index (χ3n) is 3.62. The van der Waals surface area contributed by atoms with Gasteiger partial charge in [0.15, 0.2) is 5.01 Å². The zero-order valence-corrected chi connectivity index (χ0v) is 13.0. The van der Waals surface area contributed by atoms with Gasteiger partial charge in [-0.3, -0.25) is 9.78 Å². The maximum atomic E-state index is 12.3. The molecule has 0 N–H and O–H groups in total. The smallest absolute Gasteiger partial charge is 0.282 e. The summed E-state index contributed by atoms with van der Waals surface area (Å²) in [5, 5.41) is 6.14. The molecule has 23 heavy (non-hydrogen) atoms. The van der Waals surface area contributed by atoms with Gasteiger partial charge < -0.3 is 9.42 Å². The molecule has 0 aromatic carbocycles. The van der Waals surface area contributed by atoms with Crippen LogP contribution in [0.1, 0.15) is 22.6 Å². The van der Waals surface area contributed by atoms with Gasteiger partial charge in [-0.05, 0) is 25.0 Å². The minimum absolute atomic E-state index is 0.0248. The topological polar surface area (TPSA) is 85.0 Å². The van der Waals surface area contributed by atoms with Crippen molar-refractivity contribution in [2.75, 3.05) is 13.1 Å². The predicted molar refractivity (Wildman–Crippen MR) is 83.8 cm³/mol. The van der Waals surface area contributed by atoms with Crippen molar-refractivity contribution in [3.8, 4) is 23.1 Å². The lowest BCUT2D eigenvalue weighted by Gasteiger charge is -2.12. The van der Waals surface area contributed by atoms with Gasteiger partial charge in [0.05, 0.1) is 0 Å². The molecular formula is C15H13N5O2S. The van der Waals surface area contributed by atoms with Gasteiger partial charge in [-0.2, -0.15) is 4.98 Å². The Morgan fingerprint density at radius 1 is 1.17 bits per heavy atom.